The molecular formula is C14H25NO3. The number of carbonyl (C=O) groups excluding carboxylic acids is 1. The van der Waals surface area contributed by atoms with Crippen molar-refractivity contribution < 1.29 is 14.3 Å². The van der Waals surface area contributed by atoms with Crippen LogP contribution in [-0.4, -0.2) is 38.4 Å². The fourth-order valence-electron chi connectivity index (χ4n) is 1.70. The summed E-state index contributed by atoms with van der Waals surface area (Å²) in [6, 6.07) is 0. The van der Waals surface area contributed by atoms with Crippen LogP contribution in [0.3, 0.4) is 0 Å². The Morgan fingerprint density at radius 2 is 1.94 bits per heavy atom. The van der Waals surface area contributed by atoms with Gasteiger partial charge in [-0.15, -0.1) is 0 Å². The molecule has 1 aliphatic heterocycles. The first kappa shape index (κ1) is 15.2. The third-order valence-corrected chi connectivity index (χ3v) is 2.91. The van der Waals surface area contributed by atoms with Crippen molar-refractivity contribution in [2.75, 3.05) is 26.4 Å². The van der Waals surface area contributed by atoms with Crippen molar-refractivity contribution in [1.82, 2.24) is 5.32 Å². The van der Waals surface area contributed by atoms with Gasteiger partial charge in [0.25, 0.3) is 0 Å². The molecule has 1 saturated heterocycles. The van der Waals surface area contributed by atoms with Gasteiger partial charge in [0.2, 0.25) is 5.91 Å². The standard InChI is InChI=1S/C14H25NO3/c1-2-14(16)15-9-7-5-3-4-6-8-10-17-11-13-12-18-13/h2,13H,1,3-12H2,(H,15,16). The highest BCUT2D eigenvalue weighted by Crippen LogP contribution is 2.09. The number of unbranched alkanes of at least 4 members (excludes halogenated alkanes) is 5. The van der Waals surface area contributed by atoms with E-state index in [0.29, 0.717) is 6.10 Å². The number of carbonyl (C=O) groups is 1. The zero-order valence-corrected chi connectivity index (χ0v) is 11.2. The van der Waals surface area contributed by atoms with E-state index in [0.717, 1.165) is 39.2 Å². The maximum absolute atomic E-state index is 10.8. The van der Waals surface area contributed by atoms with Crippen molar-refractivity contribution in [1.29, 1.82) is 0 Å². The van der Waals surface area contributed by atoms with E-state index >= 15 is 0 Å². The van der Waals surface area contributed by atoms with Gasteiger partial charge in [-0.05, 0) is 18.9 Å². The maximum atomic E-state index is 10.8. The molecule has 0 aliphatic carbocycles. The third-order valence-electron chi connectivity index (χ3n) is 2.91. The summed E-state index contributed by atoms with van der Waals surface area (Å²) in [7, 11) is 0. The lowest BCUT2D eigenvalue weighted by Crippen LogP contribution is -2.21. The van der Waals surface area contributed by atoms with E-state index in [9.17, 15) is 4.79 Å². The number of nitrogens with one attached hydrogen (secondary N) is 1. The van der Waals surface area contributed by atoms with E-state index < -0.39 is 0 Å². The molecular weight excluding hydrogens is 230 g/mol. The zero-order valence-electron chi connectivity index (χ0n) is 11.2. The lowest BCUT2D eigenvalue weighted by atomic mass is 10.1. The average Bonchev–Trinajstić information content (AvgIpc) is 3.19. The molecule has 0 aromatic heterocycles. The minimum absolute atomic E-state index is 0.0770. The van der Waals surface area contributed by atoms with Crippen LogP contribution in [0.25, 0.3) is 0 Å². The second-order valence-electron chi connectivity index (χ2n) is 4.65. The van der Waals surface area contributed by atoms with E-state index in [-0.39, 0.29) is 5.91 Å². The minimum atomic E-state index is -0.0770. The summed E-state index contributed by atoms with van der Waals surface area (Å²) >= 11 is 0. The molecule has 104 valence electrons. The van der Waals surface area contributed by atoms with E-state index in [4.69, 9.17) is 9.47 Å². The molecule has 0 aromatic carbocycles. The molecule has 1 rings (SSSR count). The largest absolute Gasteiger partial charge is 0.379 e. The van der Waals surface area contributed by atoms with Crippen molar-refractivity contribution >= 4 is 5.91 Å². The van der Waals surface area contributed by atoms with Crippen LogP contribution in [-0.2, 0) is 14.3 Å². The average molecular weight is 255 g/mol. The van der Waals surface area contributed by atoms with Crippen LogP contribution in [0, 0.1) is 0 Å². The zero-order chi connectivity index (χ0) is 13.1. The van der Waals surface area contributed by atoms with Gasteiger partial charge in [0.15, 0.2) is 0 Å². The number of epoxide rings is 1. The summed E-state index contributed by atoms with van der Waals surface area (Å²) in [6.07, 6.45) is 8.77. The highest BCUT2D eigenvalue weighted by molar-refractivity contribution is 5.86. The molecule has 0 spiro atoms. The molecule has 4 heteroatoms. The highest BCUT2D eigenvalue weighted by Gasteiger charge is 2.21. The molecule has 1 fully saturated rings. The van der Waals surface area contributed by atoms with Gasteiger partial charge in [-0.25, -0.2) is 0 Å². The van der Waals surface area contributed by atoms with Crippen LogP contribution in [0.2, 0.25) is 0 Å². The Morgan fingerprint density at radius 3 is 2.61 bits per heavy atom. The molecule has 4 nitrogen and oxygen atoms in total. The van der Waals surface area contributed by atoms with Gasteiger partial charge in [0.05, 0.1) is 13.2 Å². The topological polar surface area (TPSA) is 50.9 Å². The molecule has 0 radical (unpaired) electrons. The predicted octanol–water partition coefficient (Wildman–Crippen LogP) is 2.04. The molecule has 0 aromatic rings. The third kappa shape index (κ3) is 9.19. The second-order valence-corrected chi connectivity index (χ2v) is 4.65. The first-order valence-electron chi connectivity index (χ1n) is 6.92. The van der Waals surface area contributed by atoms with Gasteiger partial charge in [-0.1, -0.05) is 32.3 Å². The number of ether oxygens (including phenoxy) is 2. The summed E-state index contributed by atoms with van der Waals surface area (Å²) in [5.41, 5.74) is 0. The van der Waals surface area contributed by atoms with Crippen molar-refractivity contribution in [3.05, 3.63) is 12.7 Å². The van der Waals surface area contributed by atoms with Crippen LogP contribution in [0.15, 0.2) is 12.7 Å². The summed E-state index contributed by atoms with van der Waals surface area (Å²) in [5.74, 6) is -0.0770. The Labute approximate surface area is 110 Å². The van der Waals surface area contributed by atoms with Gasteiger partial charge in [0.1, 0.15) is 6.10 Å². The predicted molar refractivity (Wildman–Crippen MR) is 71.5 cm³/mol. The summed E-state index contributed by atoms with van der Waals surface area (Å²) < 4.78 is 10.5. The molecule has 1 heterocycles. The van der Waals surface area contributed by atoms with Gasteiger partial charge in [-0.3, -0.25) is 4.79 Å². The van der Waals surface area contributed by atoms with Crippen LogP contribution in [0.5, 0.6) is 0 Å². The molecule has 0 bridgehead atoms. The molecule has 1 unspecified atom stereocenters. The van der Waals surface area contributed by atoms with Crippen LogP contribution >= 0.6 is 0 Å². The lowest BCUT2D eigenvalue weighted by Gasteiger charge is -2.03. The molecule has 1 aliphatic rings. The van der Waals surface area contributed by atoms with Gasteiger partial charge in [-0.2, -0.15) is 0 Å². The second kappa shape index (κ2) is 10.1. The van der Waals surface area contributed by atoms with Crippen LogP contribution in [0.4, 0.5) is 0 Å². The Morgan fingerprint density at radius 1 is 1.28 bits per heavy atom. The molecule has 0 saturated carbocycles. The Hall–Kier alpha value is -0.870. The first-order valence-corrected chi connectivity index (χ1v) is 6.92. The summed E-state index contributed by atoms with van der Waals surface area (Å²) in [5, 5.41) is 2.78. The normalized spacial score (nSPS) is 17.4. The Balaban J connectivity index is 1.67. The monoisotopic (exact) mass is 255 g/mol. The smallest absolute Gasteiger partial charge is 0.243 e. The SMILES string of the molecule is C=CC(=O)NCCCCCCCCOCC1CO1. The van der Waals surface area contributed by atoms with Crippen molar-refractivity contribution in [2.45, 2.75) is 44.6 Å². The number of rotatable bonds is 12. The fraction of sp³-hybridized carbons (Fsp3) is 0.786. The van der Waals surface area contributed by atoms with E-state index in [1.54, 1.807) is 0 Å². The van der Waals surface area contributed by atoms with E-state index in [2.05, 4.69) is 11.9 Å². The minimum Gasteiger partial charge on any atom is -0.379 e. The van der Waals surface area contributed by atoms with Crippen molar-refractivity contribution in [2.24, 2.45) is 0 Å². The van der Waals surface area contributed by atoms with Crippen LogP contribution < -0.4 is 5.32 Å². The van der Waals surface area contributed by atoms with Gasteiger partial charge < -0.3 is 14.8 Å². The van der Waals surface area contributed by atoms with E-state index in [1.807, 2.05) is 0 Å². The highest BCUT2D eigenvalue weighted by atomic mass is 16.6. The van der Waals surface area contributed by atoms with Gasteiger partial charge >= 0.3 is 0 Å². The van der Waals surface area contributed by atoms with Crippen molar-refractivity contribution in [3.63, 3.8) is 0 Å². The quantitative estimate of drug-likeness (QED) is 0.330. The lowest BCUT2D eigenvalue weighted by molar-refractivity contribution is -0.116. The Bertz CT molecular complexity index is 239. The summed E-state index contributed by atoms with van der Waals surface area (Å²) in [4.78, 5) is 10.8. The molecule has 1 amide bonds. The molecule has 1 atom stereocenters. The first-order chi connectivity index (χ1) is 8.83. The van der Waals surface area contributed by atoms with Crippen molar-refractivity contribution in [3.8, 4) is 0 Å². The van der Waals surface area contributed by atoms with E-state index in [1.165, 1.54) is 31.8 Å². The Kier molecular flexibility index (Phi) is 8.51. The number of hydrogen-bond donors (Lipinski definition) is 1. The molecule has 18 heavy (non-hydrogen) atoms. The summed E-state index contributed by atoms with van der Waals surface area (Å²) in [6.45, 7) is 6.67. The molecule has 1 N–H and O–H groups in total. The van der Waals surface area contributed by atoms with Gasteiger partial charge in [0, 0.05) is 13.2 Å². The number of hydrogen-bond acceptors (Lipinski definition) is 3. The fourth-order valence-corrected chi connectivity index (χ4v) is 1.70. The number of amides is 1. The maximum Gasteiger partial charge on any atom is 0.243 e. The van der Waals surface area contributed by atoms with Crippen LogP contribution in [0.1, 0.15) is 38.5 Å².